The number of aromatic nitrogens is 3. The zero-order chi connectivity index (χ0) is 23.1. The molecule has 1 aromatic rings. The van der Waals surface area contributed by atoms with Crippen LogP contribution in [0, 0.1) is 0 Å². The van der Waals surface area contributed by atoms with Gasteiger partial charge in [-0.1, -0.05) is 62.4 Å². The van der Waals surface area contributed by atoms with Crippen molar-refractivity contribution in [3.05, 3.63) is 70.9 Å². The Morgan fingerprint density at radius 3 is 2.53 bits per heavy atom. The molecule has 2 aliphatic rings. The summed E-state index contributed by atoms with van der Waals surface area (Å²) in [5.41, 5.74) is 1.95. The second-order valence-electron chi connectivity index (χ2n) is 8.67. The predicted molar refractivity (Wildman–Crippen MR) is 131 cm³/mol. The average molecular weight is 455 g/mol. The van der Waals surface area contributed by atoms with Crippen LogP contribution in [-0.4, -0.2) is 38.7 Å². The van der Waals surface area contributed by atoms with Gasteiger partial charge in [0.2, 0.25) is 0 Å². The van der Waals surface area contributed by atoms with E-state index in [1.807, 2.05) is 24.1 Å². The van der Waals surface area contributed by atoms with E-state index in [0.29, 0.717) is 17.0 Å². The summed E-state index contributed by atoms with van der Waals surface area (Å²) in [6.45, 7) is 9.35. The molecule has 32 heavy (non-hydrogen) atoms. The summed E-state index contributed by atoms with van der Waals surface area (Å²) in [5.74, 6) is 1.91. The molecule has 1 heterocycles. The molecule has 172 valence electrons. The molecule has 1 aromatic heterocycles. The van der Waals surface area contributed by atoms with Gasteiger partial charge < -0.3 is 9.47 Å². The minimum absolute atomic E-state index is 0.0154. The number of halogens is 1. The molecule has 1 amide bonds. The van der Waals surface area contributed by atoms with Crippen molar-refractivity contribution in [1.82, 2.24) is 19.7 Å². The highest BCUT2D eigenvalue weighted by atomic mass is 35.5. The summed E-state index contributed by atoms with van der Waals surface area (Å²) >= 11 is 6.02. The fourth-order valence-corrected chi connectivity index (χ4v) is 4.49. The maximum absolute atomic E-state index is 13.0. The van der Waals surface area contributed by atoms with E-state index in [9.17, 15) is 4.79 Å². The smallest absolute Gasteiger partial charge is 0.253 e. The van der Waals surface area contributed by atoms with Gasteiger partial charge in [0, 0.05) is 37.2 Å². The van der Waals surface area contributed by atoms with E-state index in [1.54, 1.807) is 6.08 Å². The average Bonchev–Trinajstić information content (AvgIpc) is 3.51. The van der Waals surface area contributed by atoms with Gasteiger partial charge in [-0.15, -0.1) is 10.2 Å². The summed E-state index contributed by atoms with van der Waals surface area (Å²) in [4.78, 5) is 14.9. The molecule has 0 atom stereocenters. The van der Waals surface area contributed by atoms with Crippen LogP contribution in [0.15, 0.2) is 59.2 Å². The van der Waals surface area contributed by atoms with Gasteiger partial charge in [0.25, 0.3) is 5.91 Å². The third-order valence-electron chi connectivity index (χ3n) is 6.12. The van der Waals surface area contributed by atoms with Crippen molar-refractivity contribution in [1.29, 1.82) is 0 Å². The number of nitrogens with zero attached hydrogens (tertiary/aromatic N) is 4. The highest BCUT2D eigenvalue weighted by Crippen LogP contribution is 2.54. The first kappa shape index (κ1) is 24.2. The van der Waals surface area contributed by atoms with Crippen LogP contribution in [0.5, 0.6) is 0 Å². The Morgan fingerprint density at radius 2 is 1.97 bits per heavy atom. The lowest BCUT2D eigenvalue weighted by molar-refractivity contribution is -0.126. The number of hydrogen-bond donors (Lipinski definition) is 0. The van der Waals surface area contributed by atoms with E-state index in [0.717, 1.165) is 63.3 Å². The lowest BCUT2D eigenvalue weighted by Crippen LogP contribution is -2.33. The maximum Gasteiger partial charge on any atom is 0.253 e. The number of hydrogen-bond acceptors (Lipinski definition) is 3. The summed E-state index contributed by atoms with van der Waals surface area (Å²) in [6, 6.07) is 0. The molecule has 3 rings (SSSR count). The van der Waals surface area contributed by atoms with Crippen LogP contribution in [0.2, 0.25) is 0 Å². The van der Waals surface area contributed by atoms with Crippen molar-refractivity contribution < 1.29 is 4.79 Å². The summed E-state index contributed by atoms with van der Waals surface area (Å²) in [5, 5.41) is 9.37. The normalized spacial score (nSPS) is 17.5. The number of rotatable bonds is 11. The molecule has 0 aromatic carbocycles. The van der Waals surface area contributed by atoms with Crippen LogP contribution in [-0.2, 0) is 23.7 Å². The van der Waals surface area contributed by atoms with Crippen molar-refractivity contribution in [3.8, 4) is 0 Å². The van der Waals surface area contributed by atoms with E-state index >= 15 is 0 Å². The largest absolute Gasteiger partial charge is 0.339 e. The van der Waals surface area contributed by atoms with Crippen molar-refractivity contribution >= 4 is 17.5 Å². The highest BCUT2D eigenvalue weighted by Gasteiger charge is 2.50. The van der Waals surface area contributed by atoms with E-state index in [4.69, 9.17) is 11.6 Å². The van der Waals surface area contributed by atoms with Crippen molar-refractivity contribution in [2.24, 2.45) is 7.05 Å². The Morgan fingerprint density at radius 1 is 1.25 bits per heavy atom. The third-order valence-corrected chi connectivity index (χ3v) is 6.23. The molecule has 0 radical (unpaired) electrons. The number of allylic oxidation sites excluding steroid dienone is 7. The molecule has 1 saturated carbocycles. The maximum atomic E-state index is 13.0. The second kappa shape index (κ2) is 11.0. The van der Waals surface area contributed by atoms with E-state index in [2.05, 4.69) is 53.4 Å². The summed E-state index contributed by atoms with van der Waals surface area (Å²) < 4.78 is 2.12. The minimum atomic E-state index is -0.0154. The molecular formula is C26H35ClN4O. The van der Waals surface area contributed by atoms with E-state index < -0.39 is 0 Å². The van der Waals surface area contributed by atoms with Gasteiger partial charge in [-0.05, 0) is 50.2 Å². The number of carbonyl (C=O) groups is 1. The third kappa shape index (κ3) is 5.50. The van der Waals surface area contributed by atoms with Crippen LogP contribution in [0.3, 0.4) is 0 Å². The molecule has 2 aliphatic carbocycles. The first-order valence-corrected chi connectivity index (χ1v) is 12.1. The molecule has 0 spiro atoms. The van der Waals surface area contributed by atoms with Crippen molar-refractivity contribution in [2.75, 3.05) is 13.1 Å². The van der Waals surface area contributed by atoms with E-state index in [1.165, 1.54) is 5.57 Å². The van der Waals surface area contributed by atoms with Gasteiger partial charge in [-0.2, -0.15) is 0 Å². The molecule has 0 N–H and O–H groups in total. The van der Waals surface area contributed by atoms with Gasteiger partial charge in [-0.25, -0.2) is 0 Å². The minimum Gasteiger partial charge on any atom is -0.339 e. The molecule has 5 nitrogen and oxygen atoms in total. The van der Waals surface area contributed by atoms with Gasteiger partial charge in [-0.3, -0.25) is 4.79 Å². The van der Waals surface area contributed by atoms with Crippen LogP contribution in [0.4, 0.5) is 0 Å². The quantitative estimate of drug-likeness (QED) is 0.325. The summed E-state index contributed by atoms with van der Waals surface area (Å²) in [6.07, 6.45) is 19.2. The van der Waals surface area contributed by atoms with Gasteiger partial charge in [0.15, 0.2) is 0 Å². The molecule has 6 heteroatoms. The fourth-order valence-electron chi connectivity index (χ4n) is 4.37. The molecule has 0 unspecified atom stereocenters. The molecule has 1 fully saturated rings. The lowest BCUT2D eigenvalue weighted by Gasteiger charge is -2.22. The van der Waals surface area contributed by atoms with Gasteiger partial charge in [0.1, 0.15) is 11.6 Å². The molecule has 0 saturated heterocycles. The van der Waals surface area contributed by atoms with Crippen molar-refractivity contribution in [2.45, 2.75) is 64.2 Å². The Balaban J connectivity index is 1.75. The molecular weight excluding hydrogens is 420 g/mol. The fraction of sp³-hybridized carbons (Fsp3) is 0.500. The van der Waals surface area contributed by atoms with Gasteiger partial charge in [0.05, 0.1) is 5.41 Å². The molecule has 0 bridgehead atoms. The predicted octanol–water partition coefficient (Wildman–Crippen LogP) is 5.55. The van der Waals surface area contributed by atoms with Crippen LogP contribution in [0.25, 0.3) is 0 Å². The standard InChI is InChI=1S/C26H35ClN4O/c1-5-17-31(18-6-2)24(32)21(19-20(3)27)11-10-14-23-28-29-25(30(23)4)26(15-16-26)22-12-8-7-9-13-22/h8,10-13,19H,3,5-7,9,14-18H2,1-2,4H3/b11-10-,21-19+. The Kier molecular flexibility index (Phi) is 8.30. The topological polar surface area (TPSA) is 51.0 Å². The number of carbonyl (C=O) groups excluding carboxylic acids is 1. The second-order valence-corrected chi connectivity index (χ2v) is 9.15. The highest BCUT2D eigenvalue weighted by molar-refractivity contribution is 6.31. The Hall–Kier alpha value is -2.40. The first-order chi connectivity index (χ1) is 15.4. The zero-order valence-electron chi connectivity index (χ0n) is 19.6. The van der Waals surface area contributed by atoms with Crippen LogP contribution in [0.1, 0.15) is 64.0 Å². The Labute approximate surface area is 197 Å². The Bertz CT molecular complexity index is 956. The summed E-state index contributed by atoms with van der Waals surface area (Å²) in [7, 11) is 2.04. The number of amides is 1. The van der Waals surface area contributed by atoms with Crippen LogP contribution < -0.4 is 0 Å². The van der Waals surface area contributed by atoms with Gasteiger partial charge >= 0.3 is 0 Å². The monoisotopic (exact) mass is 454 g/mol. The lowest BCUT2D eigenvalue weighted by atomic mass is 9.90. The molecule has 0 aliphatic heterocycles. The van der Waals surface area contributed by atoms with Crippen molar-refractivity contribution in [3.63, 3.8) is 0 Å². The van der Waals surface area contributed by atoms with E-state index in [-0.39, 0.29) is 11.3 Å². The SMILES string of the molecule is C=C(Cl)/C=C(\C=C/Cc1nnc(C2(C3=CCCC=C3)CC2)n1C)C(=O)N(CCC)CCC. The zero-order valence-corrected chi connectivity index (χ0v) is 20.4. The van der Waals surface area contributed by atoms with Crippen LogP contribution >= 0.6 is 11.6 Å². The first-order valence-electron chi connectivity index (χ1n) is 11.7.